The van der Waals surface area contributed by atoms with Gasteiger partial charge in [-0.05, 0) is 24.3 Å². The van der Waals surface area contributed by atoms with E-state index in [1.165, 1.54) is 6.08 Å². The molecule has 0 aliphatic heterocycles. The molecule has 1 aromatic carbocycles. The van der Waals surface area contributed by atoms with Crippen molar-refractivity contribution in [1.29, 1.82) is 0 Å². The SMILES string of the molecule is C=C/C=C(\C=C)Oc1cccc(N=C=O)c1. The van der Waals surface area contributed by atoms with Gasteiger partial charge in [-0.15, -0.1) is 0 Å². The van der Waals surface area contributed by atoms with Gasteiger partial charge in [0, 0.05) is 6.07 Å². The molecule has 0 fully saturated rings. The van der Waals surface area contributed by atoms with Gasteiger partial charge in [0.15, 0.2) is 0 Å². The number of carbonyl (C=O) groups excluding carboxylic acids is 1. The normalized spacial score (nSPS) is 10.1. The van der Waals surface area contributed by atoms with Crippen molar-refractivity contribution in [3.8, 4) is 5.75 Å². The summed E-state index contributed by atoms with van der Waals surface area (Å²) < 4.78 is 5.47. The largest absolute Gasteiger partial charge is 0.457 e. The van der Waals surface area contributed by atoms with Crippen molar-refractivity contribution in [3.63, 3.8) is 0 Å². The van der Waals surface area contributed by atoms with Gasteiger partial charge in [-0.1, -0.05) is 25.3 Å². The fraction of sp³-hybridized carbons (Fsp3) is 0. The zero-order chi connectivity index (χ0) is 11.8. The Kier molecular flexibility index (Phi) is 4.51. The molecule has 1 aromatic rings. The maximum Gasteiger partial charge on any atom is 0.240 e. The van der Waals surface area contributed by atoms with Crippen molar-refractivity contribution in [1.82, 2.24) is 0 Å². The van der Waals surface area contributed by atoms with Gasteiger partial charge in [-0.2, -0.15) is 4.99 Å². The molecule has 80 valence electrons. The molecule has 0 aliphatic carbocycles. The van der Waals surface area contributed by atoms with Crippen molar-refractivity contribution < 1.29 is 9.53 Å². The highest BCUT2D eigenvalue weighted by Gasteiger charge is 1.97. The van der Waals surface area contributed by atoms with Crippen molar-refractivity contribution in [2.75, 3.05) is 0 Å². The lowest BCUT2D eigenvalue weighted by Crippen LogP contribution is -1.90. The average molecular weight is 213 g/mol. The van der Waals surface area contributed by atoms with Crippen LogP contribution >= 0.6 is 0 Å². The lowest BCUT2D eigenvalue weighted by Gasteiger charge is -2.05. The second-order valence-electron chi connectivity index (χ2n) is 2.81. The topological polar surface area (TPSA) is 38.7 Å². The Bertz CT molecular complexity index is 469. The predicted octanol–water partition coefficient (Wildman–Crippen LogP) is 3.29. The van der Waals surface area contributed by atoms with E-state index >= 15 is 0 Å². The molecule has 0 heterocycles. The van der Waals surface area contributed by atoms with Crippen LogP contribution in [0.25, 0.3) is 0 Å². The Morgan fingerprint density at radius 3 is 2.88 bits per heavy atom. The first-order valence-corrected chi connectivity index (χ1v) is 4.61. The number of benzene rings is 1. The lowest BCUT2D eigenvalue weighted by molar-refractivity contribution is 0.445. The van der Waals surface area contributed by atoms with Crippen molar-refractivity contribution >= 4 is 11.8 Å². The maximum atomic E-state index is 10.1. The Morgan fingerprint density at radius 1 is 1.44 bits per heavy atom. The molecule has 0 saturated heterocycles. The van der Waals surface area contributed by atoms with Crippen LogP contribution in [0, 0.1) is 0 Å². The second kappa shape index (κ2) is 6.17. The summed E-state index contributed by atoms with van der Waals surface area (Å²) >= 11 is 0. The summed E-state index contributed by atoms with van der Waals surface area (Å²) in [5, 5.41) is 0. The van der Waals surface area contributed by atoms with Gasteiger partial charge in [0.2, 0.25) is 6.08 Å². The van der Waals surface area contributed by atoms with Gasteiger partial charge in [0.1, 0.15) is 11.5 Å². The number of hydrogen-bond acceptors (Lipinski definition) is 3. The summed E-state index contributed by atoms with van der Waals surface area (Å²) in [6, 6.07) is 6.80. The highest BCUT2D eigenvalue weighted by atomic mass is 16.5. The van der Waals surface area contributed by atoms with Crippen LogP contribution in [0.3, 0.4) is 0 Å². The van der Waals surface area contributed by atoms with Gasteiger partial charge < -0.3 is 4.74 Å². The standard InChI is InChI=1S/C13H11NO2/c1-3-6-12(4-2)16-13-8-5-7-11(9-13)14-10-15/h3-9H,1-2H2/b12-6+. The van der Waals surface area contributed by atoms with Crippen LogP contribution in [-0.2, 0) is 4.79 Å². The number of rotatable bonds is 5. The van der Waals surface area contributed by atoms with Crippen LogP contribution in [0.15, 0.2) is 66.4 Å². The van der Waals surface area contributed by atoms with Crippen LogP contribution in [0.2, 0.25) is 0 Å². The summed E-state index contributed by atoms with van der Waals surface area (Å²) in [6.07, 6.45) is 6.32. The molecule has 0 unspecified atom stereocenters. The molecule has 0 radical (unpaired) electrons. The third-order valence-corrected chi connectivity index (χ3v) is 1.71. The number of ether oxygens (including phenoxy) is 1. The van der Waals surface area contributed by atoms with Crippen LogP contribution < -0.4 is 4.74 Å². The fourth-order valence-corrected chi connectivity index (χ4v) is 1.07. The molecular weight excluding hydrogens is 202 g/mol. The Morgan fingerprint density at radius 2 is 2.25 bits per heavy atom. The molecular formula is C13H11NO2. The smallest absolute Gasteiger partial charge is 0.240 e. The van der Waals surface area contributed by atoms with Gasteiger partial charge in [-0.25, -0.2) is 4.79 Å². The number of isocyanates is 1. The van der Waals surface area contributed by atoms with E-state index in [1.54, 1.807) is 42.5 Å². The van der Waals surface area contributed by atoms with Gasteiger partial charge in [-0.3, -0.25) is 0 Å². The summed E-state index contributed by atoms with van der Waals surface area (Å²) in [5.41, 5.74) is 0.495. The predicted molar refractivity (Wildman–Crippen MR) is 63.3 cm³/mol. The molecule has 0 spiro atoms. The quantitative estimate of drug-likeness (QED) is 0.326. The van der Waals surface area contributed by atoms with Gasteiger partial charge in [0.05, 0.1) is 5.69 Å². The van der Waals surface area contributed by atoms with E-state index in [0.29, 0.717) is 17.2 Å². The van der Waals surface area contributed by atoms with E-state index in [9.17, 15) is 4.79 Å². The third kappa shape index (κ3) is 3.40. The molecule has 0 bridgehead atoms. The molecule has 0 amide bonds. The molecule has 0 aromatic heterocycles. The minimum absolute atomic E-state index is 0.495. The minimum atomic E-state index is 0.495. The first kappa shape index (κ1) is 11.7. The van der Waals surface area contributed by atoms with Crippen molar-refractivity contribution in [2.24, 2.45) is 4.99 Å². The molecule has 3 heteroatoms. The first-order valence-electron chi connectivity index (χ1n) is 4.61. The Hall–Kier alpha value is -2.38. The zero-order valence-electron chi connectivity index (χ0n) is 8.72. The second-order valence-corrected chi connectivity index (χ2v) is 2.81. The van der Waals surface area contributed by atoms with E-state index in [0.717, 1.165) is 0 Å². The van der Waals surface area contributed by atoms with Crippen LogP contribution in [-0.4, -0.2) is 6.08 Å². The van der Waals surface area contributed by atoms with Crippen LogP contribution in [0.1, 0.15) is 0 Å². The van der Waals surface area contributed by atoms with Gasteiger partial charge in [0.25, 0.3) is 0 Å². The highest BCUT2D eigenvalue weighted by molar-refractivity contribution is 5.51. The maximum absolute atomic E-state index is 10.1. The summed E-state index contributed by atoms with van der Waals surface area (Å²) in [4.78, 5) is 13.6. The molecule has 1 rings (SSSR count). The first-order chi connectivity index (χ1) is 7.80. The minimum Gasteiger partial charge on any atom is -0.457 e. The number of aliphatic imine (C=N–C) groups is 1. The monoisotopic (exact) mass is 213 g/mol. The molecule has 3 nitrogen and oxygen atoms in total. The summed E-state index contributed by atoms with van der Waals surface area (Å²) in [5.74, 6) is 1.15. The van der Waals surface area contributed by atoms with E-state index in [-0.39, 0.29) is 0 Å². The summed E-state index contributed by atoms with van der Waals surface area (Å²) in [7, 11) is 0. The Labute approximate surface area is 94.1 Å². The van der Waals surface area contributed by atoms with E-state index in [1.807, 2.05) is 0 Å². The van der Waals surface area contributed by atoms with E-state index in [4.69, 9.17) is 4.74 Å². The highest BCUT2D eigenvalue weighted by Crippen LogP contribution is 2.21. The van der Waals surface area contributed by atoms with Crippen LogP contribution in [0.4, 0.5) is 5.69 Å². The number of allylic oxidation sites excluding steroid dienone is 3. The molecule has 0 N–H and O–H groups in total. The molecule has 16 heavy (non-hydrogen) atoms. The number of nitrogens with zero attached hydrogens (tertiary/aromatic N) is 1. The third-order valence-electron chi connectivity index (χ3n) is 1.71. The Balaban J connectivity index is 2.92. The molecule has 0 saturated carbocycles. The zero-order valence-corrected chi connectivity index (χ0v) is 8.72. The van der Waals surface area contributed by atoms with E-state index < -0.39 is 0 Å². The molecule has 0 aliphatic rings. The molecule has 0 atom stereocenters. The van der Waals surface area contributed by atoms with Gasteiger partial charge >= 0.3 is 0 Å². The van der Waals surface area contributed by atoms with E-state index in [2.05, 4.69) is 18.2 Å². The summed E-state index contributed by atoms with van der Waals surface area (Å²) in [6.45, 7) is 7.17. The lowest BCUT2D eigenvalue weighted by atomic mass is 10.3. The van der Waals surface area contributed by atoms with Crippen molar-refractivity contribution in [3.05, 3.63) is 61.4 Å². The average Bonchev–Trinajstić information content (AvgIpc) is 2.29. The fourth-order valence-electron chi connectivity index (χ4n) is 1.07. The van der Waals surface area contributed by atoms with Crippen molar-refractivity contribution in [2.45, 2.75) is 0 Å². The van der Waals surface area contributed by atoms with Crippen LogP contribution in [0.5, 0.6) is 5.75 Å². The number of hydrogen-bond donors (Lipinski definition) is 0.